The maximum Gasteiger partial charge on any atom is 0.431 e. The number of rotatable bonds is 2. The zero-order valence-corrected chi connectivity index (χ0v) is 6.24. The molecule has 0 heterocycles. The van der Waals surface area contributed by atoms with Crippen molar-refractivity contribution in [3.05, 3.63) is 0 Å². The van der Waals surface area contributed by atoms with Crippen molar-refractivity contribution in [3.63, 3.8) is 0 Å². The van der Waals surface area contributed by atoms with Crippen LogP contribution in [0.15, 0.2) is 0 Å². The highest BCUT2D eigenvalue weighted by atomic mass is 28.3. The fourth-order valence-electron chi connectivity index (χ4n) is 0.125. The Bertz CT molecular complexity index is 17.1. The van der Waals surface area contributed by atoms with Crippen LogP contribution in [0.25, 0.3) is 0 Å². The summed E-state index contributed by atoms with van der Waals surface area (Å²) in [6.07, 6.45) is 0. The SMILES string of the molecule is C[SiH2]N[SiH2][OH2+]. The van der Waals surface area contributed by atoms with Gasteiger partial charge in [-0.3, -0.25) is 0 Å². The van der Waals surface area contributed by atoms with Crippen LogP contribution in [0.5, 0.6) is 0 Å². The summed E-state index contributed by atoms with van der Waals surface area (Å²) in [4.78, 5) is 6.67. The third-order valence-electron chi connectivity index (χ3n) is 0.375. The molecule has 5 heavy (non-hydrogen) atoms. The van der Waals surface area contributed by atoms with Gasteiger partial charge in [-0.05, 0) is 0 Å². The van der Waals surface area contributed by atoms with E-state index in [1.165, 1.54) is 0 Å². The van der Waals surface area contributed by atoms with Crippen molar-refractivity contribution < 1.29 is 4.80 Å². The largest absolute Gasteiger partial charge is 0.535 e. The van der Waals surface area contributed by atoms with Gasteiger partial charge in [-0.25, -0.2) is 0 Å². The molecule has 0 amide bonds. The van der Waals surface area contributed by atoms with Crippen LogP contribution in [-0.4, -0.2) is 24.4 Å². The lowest BCUT2D eigenvalue weighted by molar-refractivity contribution is 0.598. The fraction of sp³-hybridized carbons (Fsp3) is 1.00. The lowest BCUT2D eigenvalue weighted by Crippen LogP contribution is -2.20. The van der Waals surface area contributed by atoms with Gasteiger partial charge in [0.05, 0.1) is 9.68 Å². The molecule has 0 saturated heterocycles. The van der Waals surface area contributed by atoms with Crippen LogP contribution >= 0.6 is 0 Å². The van der Waals surface area contributed by atoms with Gasteiger partial charge < -0.3 is 9.44 Å². The molecule has 4 heteroatoms. The molecule has 3 N–H and O–H groups in total. The van der Waals surface area contributed by atoms with Gasteiger partial charge in [0.1, 0.15) is 0 Å². The molecule has 0 aromatic carbocycles. The molecule has 0 aliphatic carbocycles. The molecule has 0 aliphatic rings. The first-order valence-corrected chi connectivity index (χ1v) is 5.30. The van der Waals surface area contributed by atoms with Crippen LogP contribution < -0.4 is 4.65 Å². The molecule has 0 atom stereocenters. The summed E-state index contributed by atoms with van der Waals surface area (Å²) >= 11 is 0. The van der Waals surface area contributed by atoms with Gasteiger partial charge >= 0.3 is 9.92 Å². The zero-order valence-electron chi connectivity index (χ0n) is 3.41. The zero-order chi connectivity index (χ0) is 4.12. The van der Waals surface area contributed by atoms with Gasteiger partial charge in [0, 0.05) is 0 Å². The molecule has 0 aliphatic heterocycles. The summed E-state index contributed by atoms with van der Waals surface area (Å²) in [5.41, 5.74) is 0. The molecule has 0 spiro atoms. The van der Waals surface area contributed by atoms with E-state index < -0.39 is 9.92 Å². The second-order valence-corrected chi connectivity index (χ2v) is 3.84. The number of nitrogens with one attached hydrogen (secondary N) is 1. The Morgan fingerprint density at radius 3 is 2.40 bits per heavy atom. The molecule has 0 bridgehead atoms. The van der Waals surface area contributed by atoms with Crippen LogP contribution in [0.2, 0.25) is 6.55 Å². The molecular formula is CH10NOSi2+. The van der Waals surface area contributed by atoms with Crippen molar-refractivity contribution in [3.8, 4) is 0 Å². The minimum absolute atomic E-state index is 0.0382. The lowest BCUT2D eigenvalue weighted by Gasteiger charge is -1.78. The minimum Gasteiger partial charge on any atom is -0.535 e. The topological polar surface area (TPSA) is 34.9 Å². The molecule has 0 fully saturated rings. The third-order valence-corrected chi connectivity index (χ3v) is 3.37. The first-order chi connectivity index (χ1) is 2.41. The summed E-state index contributed by atoms with van der Waals surface area (Å²) in [7, 11) is -0.486. The van der Waals surface area contributed by atoms with Gasteiger partial charge in [-0.2, -0.15) is 0 Å². The Morgan fingerprint density at radius 1 is 1.80 bits per heavy atom. The minimum atomic E-state index is -0.524. The highest BCUT2D eigenvalue weighted by molar-refractivity contribution is 6.45. The Labute approximate surface area is 36.5 Å². The predicted octanol–water partition coefficient (Wildman–Crippen LogP) is -2.57. The van der Waals surface area contributed by atoms with Crippen molar-refractivity contribution in [2.45, 2.75) is 6.55 Å². The smallest absolute Gasteiger partial charge is 0.431 e. The fourth-order valence-corrected chi connectivity index (χ4v) is 1.12. The molecule has 0 radical (unpaired) electrons. The summed E-state index contributed by atoms with van der Waals surface area (Å²) in [6.45, 7) is 2.15. The van der Waals surface area contributed by atoms with Crippen LogP contribution in [0.4, 0.5) is 0 Å². The van der Waals surface area contributed by atoms with E-state index in [4.69, 9.17) is 4.80 Å². The lowest BCUT2D eigenvalue weighted by atomic mass is 11.9. The van der Waals surface area contributed by atoms with Gasteiger partial charge in [-0.1, -0.05) is 6.55 Å². The van der Waals surface area contributed by atoms with Crippen LogP contribution in [-0.2, 0) is 0 Å². The maximum absolute atomic E-state index is 6.67. The number of hydrogen-bond donors (Lipinski definition) is 1. The summed E-state index contributed by atoms with van der Waals surface area (Å²) < 4.78 is 3.06. The first kappa shape index (κ1) is 5.35. The Kier molecular flexibility index (Phi) is 4.66. The Balaban J connectivity index is 2.19. The normalized spacial score (nSPS) is 13.2. The van der Waals surface area contributed by atoms with E-state index in [9.17, 15) is 0 Å². The molecular weight excluding hydrogens is 98.2 g/mol. The third kappa shape index (κ3) is 4.35. The molecule has 0 aromatic heterocycles. The summed E-state index contributed by atoms with van der Waals surface area (Å²) in [5.74, 6) is 0. The van der Waals surface area contributed by atoms with Crippen LogP contribution in [0.1, 0.15) is 0 Å². The van der Waals surface area contributed by atoms with E-state index >= 15 is 0 Å². The van der Waals surface area contributed by atoms with E-state index in [2.05, 4.69) is 11.2 Å². The van der Waals surface area contributed by atoms with Crippen molar-refractivity contribution in [2.75, 3.05) is 0 Å². The second-order valence-electron chi connectivity index (χ2n) is 0.780. The van der Waals surface area contributed by atoms with Crippen molar-refractivity contribution in [2.24, 2.45) is 0 Å². The maximum atomic E-state index is 6.67. The van der Waals surface area contributed by atoms with Gasteiger partial charge in [0.25, 0.3) is 0 Å². The van der Waals surface area contributed by atoms with Gasteiger partial charge in [0.15, 0.2) is 0 Å². The van der Waals surface area contributed by atoms with Crippen LogP contribution in [0, 0.1) is 0 Å². The quantitative estimate of drug-likeness (QED) is 0.306. The Morgan fingerprint density at radius 2 is 2.40 bits per heavy atom. The van der Waals surface area contributed by atoms with Crippen molar-refractivity contribution in [1.29, 1.82) is 0 Å². The molecule has 2 nitrogen and oxygen atoms in total. The van der Waals surface area contributed by atoms with E-state index in [0.29, 0.717) is 0 Å². The first-order valence-electron chi connectivity index (χ1n) is 1.77. The van der Waals surface area contributed by atoms with E-state index in [1.807, 2.05) is 0 Å². The summed E-state index contributed by atoms with van der Waals surface area (Å²) in [6, 6.07) is 0. The van der Waals surface area contributed by atoms with Gasteiger partial charge in [-0.15, -0.1) is 0 Å². The highest BCUT2D eigenvalue weighted by Crippen LogP contribution is 1.35. The molecule has 0 saturated carbocycles. The van der Waals surface area contributed by atoms with Crippen LogP contribution in [0.3, 0.4) is 0 Å². The van der Waals surface area contributed by atoms with E-state index in [1.54, 1.807) is 0 Å². The molecule has 32 valence electrons. The monoisotopic (exact) mass is 108 g/mol. The second kappa shape index (κ2) is 4.35. The Hall–Kier alpha value is 0.354. The standard InChI is InChI=1S/CH9NOSi2/c1-4-2-5-3/h2-3H,4-5H2,1H3/p+1. The van der Waals surface area contributed by atoms with Crippen molar-refractivity contribution >= 4 is 19.6 Å². The predicted molar refractivity (Wildman–Crippen MR) is 29.7 cm³/mol. The van der Waals surface area contributed by atoms with E-state index in [-0.39, 0.29) is 9.68 Å². The molecule has 0 unspecified atom stereocenters. The highest BCUT2D eigenvalue weighted by Gasteiger charge is 1.75. The average Bonchev–Trinajstić information content (AvgIpc) is 1.41. The molecule has 0 rings (SSSR count). The summed E-state index contributed by atoms with van der Waals surface area (Å²) in [5, 5.41) is 0. The molecule has 0 aromatic rings. The van der Waals surface area contributed by atoms with E-state index in [0.717, 1.165) is 0 Å². The average molecular weight is 108 g/mol. The van der Waals surface area contributed by atoms with Gasteiger partial charge in [0.2, 0.25) is 0 Å². The number of hydrogen-bond acceptors (Lipinski definition) is 1. The van der Waals surface area contributed by atoms with Crippen molar-refractivity contribution in [1.82, 2.24) is 4.65 Å².